The Morgan fingerprint density at radius 3 is 2.72 bits per heavy atom. The minimum Gasteiger partial charge on any atom is -0.399 e. The molecule has 0 bridgehead atoms. The molecule has 0 fully saturated rings. The van der Waals surface area contributed by atoms with Crippen molar-refractivity contribution in [2.24, 2.45) is 0 Å². The zero-order chi connectivity index (χ0) is 12.4. The molecule has 0 spiro atoms. The number of aromatic nitrogens is 1. The quantitative estimate of drug-likeness (QED) is 0.668. The first-order chi connectivity index (χ1) is 8.83. The molecule has 0 amide bonds. The number of rotatable bonds is 2. The zero-order valence-electron chi connectivity index (χ0n) is 9.80. The van der Waals surface area contributed by atoms with Crippen LogP contribution in [0, 0.1) is 0 Å². The van der Waals surface area contributed by atoms with Gasteiger partial charge in [-0.1, -0.05) is 24.3 Å². The lowest BCUT2D eigenvalue weighted by Gasteiger charge is -2.09. The van der Waals surface area contributed by atoms with Crippen molar-refractivity contribution in [1.29, 1.82) is 0 Å². The predicted molar refractivity (Wildman–Crippen MR) is 75.9 cm³/mol. The van der Waals surface area contributed by atoms with Crippen LogP contribution in [0.3, 0.4) is 0 Å². The van der Waals surface area contributed by atoms with Crippen LogP contribution in [0.5, 0.6) is 0 Å². The van der Waals surface area contributed by atoms with E-state index in [0.717, 1.165) is 28.0 Å². The lowest BCUT2D eigenvalue weighted by molar-refractivity contribution is 1.40. The normalized spacial score (nSPS) is 10.4. The molecule has 88 valence electrons. The summed E-state index contributed by atoms with van der Waals surface area (Å²) < 4.78 is 0. The van der Waals surface area contributed by atoms with Crippen LogP contribution in [0.4, 0.5) is 17.1 Å². The summed E-state index contributed by atoms with van der Waals surface area (Å²) in [5.41, 5.74) is 9.51. The van der Waals surface area contributed by atoms with Gasteiger partial charge in [0.25, 0.3) is 0 Å². The third-order valence-corrected chi connectivity index (χ3v) is 2.81. The zero-order valence-corrected chi connectivity index (χ0v) is 9.80. The highest BCUT2D eigenvalue weighted by Crippen LogP contribution is 2.25. The Balaban J connectivity index is 2.05. The third kappa shape index (κ3) is 1.98. The number of hydrogen-bond donors (Lipinski definition) is 2. The molecule has 0 atom stereocenters. The average Bonchev–Trinajstić information content (AvgIpc) is 2.39. The first-order valence-corrected chi connectivity index (χ1v) is 5.79. The van der Waals surface area contributed by atoms with Gasteiger partial charge in [-0.25, -0.2) is 0 Å². The van der Waals surface area contributed by atoms with Crippen molar-refractivity contribution in [2.45, 2.75) is 0 Å². The standard InChI is InChI=1S/C15H13N3/c16-11-4-3-5-12(10-11)18-15-8-9-17-14-7-2-1-6-13(14)15/h1-10H,16H2,(H,17,18). The van der Waals surface area contributed by atoms with Crippen LogP contribution in [-0.2, 0) is 0 Å². The number of nitrogen functional groups attached to an aromatic ring is 1. The van der Waals surface area contributed by atoms with Gasteiger partial charge in [-0.2, -0.15) is 0 Å². The van der Waals surface area contributed by atoms with E-state index < -0.39 is 0 Å². The van der Waals surface area contributed by atoms with E-state index in [-0.39, 0.29) is 0 Å². The highest BCUT2D eigenvalue weighted by Gasteiger charge is 2.01. The van der Waals surface area contributed by atoms with Gasteiger partial charge in [0, 0.05) is 28.6 Å². The average molecular weight is 235 g/mol. The predicted octanol–water partition coefficient (Wildman–Crippen LogP) is 3.56. The second-order valence-corrected chi connectivity index (χ2v) is 4.13. The molecule has 1 aromatic heterocycles. The Bertz CT molecular complexity index is 687. The molecule has 3 rings (SSSR count). The molecule has 0 aliphatic carbocycles. The Morgan fingerprint density at radius 2 is 1.83 bits per heavy atom. The number of pyridine rings is 1. The Morgan fingerprint density at radius 1 is 0.944 bits per heavy atom. The molecule has 0 radical (unpaired) electrons. The maximum absolute atomic E-state index is 5.77. The number of nitrogens with zero attached hydrogens (tertiary/aromatic N) is 1. The van der Waals surface area contributed by atoms with E-state index in [4.69, 9.17) is 5.73 Å². The highest BCUT2D eigenvalue weighted by atomic mass is 14.9. The smallest absolute Gasteiger partial charge is 0.0722 e. The summed E-state index contributed by atoms with van der Waals surface area (Å²) in [5.74, 6) is 0. The summed E-state index contributed by atoms with van der Waals surface area (Å²) >= 11 is 0. The van der Waals surface area contributed by atoms with Crippen molar-refractivity contribution >= 4 is 28.0 Å². The molecule has 3 heteroatoms. The summed E-state index contributed by atoms with van der Waals surface area (Å²) in [4.78, 5) is 4.34. The van der Waals surface area contributed by atoms with Gasteiger partial charge in [0.2, 0.25) is 0 Å². The molecule has 2 aromatic carbocycles. The Labute approximate surface area is 105 Å². The van der Waals surface area contributed by atoms with Crippen molar-refractivity contribution in [2.75, 3.05) is 11.1 Å². The molecular weight excluding hydrogens is 222 g/mol. The summed E-state index contributed by atoms with van der Waals surface area (Å²) in [6.45, 7) is 0. The molecule has 18 heavy (non-hydrogen) atoms. The second-order valence-electron chi connectivity index (χ2n) is 4.13. The number of hydrogen-bond acceptors (Lipinski definition) is 3. The van der Waals surface area contributed by atoms with Crippen LogP contribution in [0.25, 0.3) is 10.9 Å². The highest BCUT2D eigenvalue weighted by molar-refractivity contribution is 5.92. The maximum atomic E-state index is 5.77. The van der Waals surface area contributed by atoms with Gasteiger partial charge in [0.1, 0.15) is 0 Å². The van der Waals surface area contributed by atoms with Crippen LogP contribution in [0.1, 0.15) is 0 Å². The van der Waals surface area contributed by atoms with Crippen LogP contribution in [0.15, 0.2) is 60.8 Å². The van der Waals surface area contributed by atoms with Gasteiger partial charge < -0.3 is 11.1 Å². The molecule has 0 unspecified atom stereocenters. The SMILES string of the molecule is Nc1cccc(Nc2ccnc3ccccc23)c1. The molecule has 0 aliphatic rings. The van der Waals surface area contributed by atoms with E-state index in [1.54, 1.807) is 6.20 Å². The van der Waals surface area contributed by atoms with E-state index in [1.165, 1.54) is 0 Å². The molecule has 3 N–H and O–H groups in total. The van der Waals surface area contributed by atoms with Gasteiger partial charge in [-0.15, -0.1) is 0 Å². The van der Waals surface area contributed by atoms with Crippen LogP contribution in [-0.4, -0.2) is 4.98 Å². The fourth-order valence-corrected chi connectivity index (χ4v) is 1.98. The summed E-state index contributed by atoms with van der Waals surface area (Å²) in [6.07, 6.45) is 1.80. The van der Waals surface area contributed by atoms with Crippen molar-refractivity contribution in [1.82, 2.24) is 4.98 Å². The monoisotopic (exact) mass is 235 g/mol. The minimum atomic E-state index is 0.748. The van der Waals surface area contributed by atoms with E-state index in [2.05, 4.69) is 16.4 Å². The number of nitrogens with two attached hydrogens (primary N) is 1. The fourth-order valence-electron chi connectivity index (χ4n) is 1.98. The summed E-state index contributed by atoms with van der Waals surface area (Å²) in [6, 6.07) is 17.7. The molecule has 3 nitrogen and oxygen atoms in total. The van der Waals surface area contributed by atoms with Crippen LogP contribution >= 0.6 is 0 Å². The van der Waals surface area contributed by atoms with Gasteiger partial charge >= 0.3 is 0 Å². The molecule has 0 aliphatic heterocycles. The molecule has 3 aromatic rings. The molecule has 0 saturated heterocycles. The lowest BCUT2D eigenvalue weighted by Crippen LogP contribution is -1.93. The Kier molecular flexibility index (Phi) is 2.57. The largest absolute Gasteiger partial charge is 0.399 e. The van der Waals surface area contributed by atoms with Gasteiger partial charge in [-0.05, 0) is 30.3 Å². The summed E-state index contributed by atoms with van der Waals surface area (Å²) in [5, 5.41) is 4.47. The van der Waals surface area contributed by atoms with Crippen LogP contribution < -0.4 is 11.1 Å². The first kappa shape index (κ1) is 10.6. The molecule has 1 heterocycles. The van der Waals surface area contributed by atoms with Gasteiger partial charge in [-0.3, -0.25) is 4.98 Å². The number of para-hydroxylation sites is 1. The van der Waals surface area contributed by atoms with Gasteiger partial charge in [0.05, 0.1) is 5.52 Å². The third-order valence-electron chi connectivity index (χ3n) is 2.81. The van der Waals surface area contributed by atoms with Crippen LogP contribution in [0.2, 0.25) is 0 Å². The first-order valence-electron chi connectivity index (χ1n) is 5.79. The second kappa shape index (κ2) is 4.37. The van der Waals surface area contributed by atoms with Crippen molar-refractivity contribution in [3.63, 3.8) is 0 Å². The number of nitrogens with one attached hydrogen (secondary N) is 1. The maximum Gasteiger partial charge on any atom is 0.0722 e. The van der Waals surface area contributed by atoms with E-state index in [0.29, 0.717) is 0 Å². The van der Waals surface area contributed by atoms with Crippen molar-refractivity contribution < 1.29 is 0 Å². The van der Waals surface area contributed by atoms with Gasteiger partial charge in [0.15, 0.2) is 0 Å². The van der Waals surface area contributed by atoms with Crippen molar-refractivity contribution in [3.8, 4) is 0 Å². The topological polar surface area (TPSA) is 50.9 Å². The Hall–Kier alpha value is -2.55. The number of fused-ring (bicyclic) bond motifs is 1. The molecule has 0 saturated carbocycles. The summed E-state index contributed by atoms with van der Waals surface area (Å²) in [7, 11) is 0. The van der Waals surface area contributed by atoms with E-state index >= 15 is 0 Å². The number of anilines is 3. The molecular formula is C15H13N3. The fraction of sp³-hybridized carbons (Fsp3) is 0. The van der Waals surface area contributed by atoms with E-state index in [9.17, 15) is 0 Å². The van der Waals surface area contributed by atoms with E-state index in [1.807, 2.05) is 48.5 Å². The van der Waals surface area contributed by atoms with Crippen molar-refractivity contribution in [3.05, 3.63) is 60.8 Å². The number of benzene rings is 2. The lowest BCUT2D eigenvalue weighted by atomic mass is 10.2. The minimum absolute atomic E-state index is 0.748.